The number of amides is 1. The Kier molecular flexibility index (Phi) is 3.87. The number of aryl methyl sites for hydroxylation is 2. The van der Waals surface area contributed by atoms with E-state index in [1.54, 1.807) is 7.05 Å². The number of rotatable bonds is 4. The van der Waals surface area contributed by atoms with Crippen molar-refractivity contribution in [2.75, 3.05) is 18.9 Å². The maximum absolute atomic E-state index is 11.8. The molecule has 0 aliphatic heterocycles. The van der Waals surface area contributed by atoms with E-state index in [1.165, 1.54) is 16.9 Å². The van der Waals surface area contributed by atoms with Crippen LogP contribution in [0.2, 0.25) is 0 Å². The van der Waals surface area contributed by atoms with Gasteiger partial charge in [-0.3, -0.25) is 4.79 Å². The highest BCUT2D eigenvalue weighted by atomic mass is 32.1. The summed E-state index contributed by atoms with van der Waals surface area (Å²) in [5, 5.41) is 10.9. The number of carbonyl (C=O) groups is 1. The van der Waals surface area contributed by atoms with Gasteiger partial charge in [-0.1, -0.05) is 29.5 Å². The van der Waals surface area contributed by atoms with Crippen LogP contribution in [0.5, 0.6) is 0 Å². The number of nitrogens with zero attached hydrogens (tertiary/aromatic N) is 3. The van der Waals surface area contributed by atoms with Crippen molar-refractivity contribution in [1.29, 1.82) is 0 Å². The van der Waals surface area contributed by atoms with Crippen molar-refractivity contribution in [2.24, 2.45) is 0 Å². The maximum atomic E-state index is 11.8. The molecule has 1 amide bonds. The molecule has 3 aromatic rings. The normalized spacial score (nSPS) is 12.5. The Labute approximate surface area is 143 Å². The lowest BCUT2D eigenvalue weighted by molar-refractivity contribution is -0.115. The Balaban J connectivity index is 1.74. The van der Waals surface area contributed by atoms with Crippen LogP contribution in [0.15, 0.2) is 36.5 Å². The molecule has 6 nitrogen and oxygen atoms in total. The van der Waals surface area contributed by atoms with Gasteiger partial charge in [0.2, 0.25) is 5.91 Å². The van der Waals surface area contributed by atoms with Gasteiger partial charge < -0.3 is 10.6 Å². The molecule has 2 heterocycles. The van der Waals surface area contributed by atoms with Crippen molar-refractivity contribution in [2.45, 2.75) is 12.8 Å². The number of carbonyl (C=O) groups excluding carboxylic acids is 1. The first-order valence-electron chi connectivity index (χ1n) is 7.83. The molecule has 0 fully saturated rings. The second-order valence-electron chi connectivity index (χ2n) is 5.64. The molecule has 0 bridgehead atoms. The molecule has 0 unspecified atom stereocenters. The van der Waals surface area contributed by atoms with Crippen LogP contribution in [0, 0.1) is 0 Å². The molecular formula is C17H17N5OS. The molecule has 2 N–H and O–H groups in total. The summed E-state index contributed by atoms with van der Waals surface area (Å²) >= 11 is 1.51. The summed E-state index contributed by atoms with van der Waals surface area (Å²) in [5.74, 6) is -0.0830. The minimum atomic E-state index is -0.0830. The predicted molar refractivity (Wildman–Crippen MR) is 94.6 cm³/mol. The fourth-order valence-corrected chi connectivity index (χ4v) is 4.00. The fraction of sp³-hybridized carbons (Fsp3) is 0.235. The first kappa shape index (κ1) is 15.0. The van der Waals surface area contributed by atoms with Gasteiger partial charge in [-0.25, -0.2) is 9.67 Å². The van der Waals surface area contributed by atoms with Crippen LogP contribution in [-0.2, 0) is 17.6 Å². The zero-order chi connectivity index (χ0) is 16.5. The molecule has 0 spiro atoms. The van der Waals surface area contributed by atoms with Crippen molar-refractivity contribution in [1.82, 2.24) is 20.1 Å². The van der Waals surface area contributed by atoms with Gasteiger partial charge >= 0.3 is 0 Å². The Morgan fingerprint density at radius 2 is 2.12 bits per heavy atom. The third kappa shape index (κ3) is 2.61. The molecule has 7 heteroatoms. The van der Waals surface area contributed by atoms with Crippen LogP contribution in [0.1, 0.15) is 11.3 Å². The molecule has 1 aliphatic rings. The van der Waals surface area contributed by atoms with E-state index in [9.17, 15) is 4.79 Å². The monoisotopic (exact) mass is 339 g/mol. The van der Waals surface area contributed by atoms with Gasteiger partial charge in [0.05, 0.1) is 34.7 Å². The standard InChI is InChI=1S/C17H17N5OS/c1-18-10-14(23)21-17-20-13-8-7-11-9-19-22(15(11)16(13)24-17)12-5-3-2-4-6-12/h2-6,9,18H,7-8,10H2,1H3,(H,20,21,23). The van der Waals surface area contributed by atoms with E-state index in [2.05, 4.69) is 20.7 Å². The van der Waals surface area contributed by atoms with Gasteiger partial charge in [-0.2, -0.15) is 5.10 Å². The second-order valence-corrected chi connectivity index (χ2v) is 6.64. The van der Waals surface area contributed by atoms with Crippen LogP contribution >= 0.6 is 11.3 Å². The van der Waals surface area contributed by atoms with Gasteiger partial charge in [0.1, 0.15) is 0 Å². The van der Waals surface area contributed by atoms with E-state index in [1.807, 2.05) is 41.2 Å². The van der Waals surface area contributed by atoms with Gasteiger partial charge in [0, 0.05) is 0 Å². The summed E-state index contributed by atoms with van der Waals surface area (Å²) in [7, 11) is 1.75. The average molecular weight is 339 g/mol. The maximum Gasteiger partial charge on any atom is 0.240 e. The molecule has 2 aromatic heterocycles. The summed E-state index contributed by atoms with van der Waals surface area (Å²) < 4.78 is 1.96. The minimum Gasteiger partial charge on any atom is -0.311 e. The number of likely N-dealkylation sites (N-methyl/N-ethyl adjacent to an activating group) is 1. The summed E-state index contributed by atoms with van der Waals surface area (Å²) in [6.45, 7) is 0.275. The topological polar surface area (TPSA) is 71.8 Å². The first-order valence-corrected chi connectivity index (χ1v) is 8.65. The van der Waals surface area contributed by atoms with Crippen LogP contribution in [-0.4, -0.2) is 34.3 Å². The Morgan fingerprint density at radius 1 is 1.29 bits per heavy atom. The molecule has 122 valence electrons. The second kappa shape index (κ2) is 6.18. The number of para-hydroxylation sites is 1. The number of nitrogens with one attached hydrogen (secondary N) is 2. The number of thiazole rings is 1. The van der Waals surface area contributed by atoms with Crippen LogP contribution in [0.3, 0.4) is 0 Å². The number of aromatic nitrogens is 3. The third-order valence-electron chi connectivity index (χ3n) is 3.97. The Bertz CT molecular complexity index is 884. The highest BCUT2D eigenvalue weighted by Gasteiger charge is 2.26. The predicted octanol–water partition coefficient (Wildman–Crippen LogP) is 2.25. The van der Waals surface area contributed by atoms with Crippen LogP contribution < -0.4 is 10.6 Å². The molecule has 0 saturated heterocycles. The molecule has 4 rings (SSSR count). The molecule has 0 radical (unpaired) electrons. The van der Waals surface area contributed by atoms with Gasteiger partial charge in [0.15, 0.2) is 5.13 Å². The van der Waals surface area contributed by atoms with E-state index in [0.717, 1.165) is 34.8 Å². The van der Waals surface area contributed by atoms with E-state index >= 15 is 0 Å². The van der Waals surface area contributed by atoms with E-state index in [-0.39, 0.29) is 12.5 Å². The Morgan fingerprint density at radius 3 is 2.92 bits per heavy atom. The minimum absolute atomic E-state index is 0.0830. The van der Waals surface area contributed by atoms with Crippen molar-refractivity contribution in [3.05, 3.63) is 47.8 Å². The molecule has 1 aromatic carbocycles. The summed E-state index contributed by atoms with van der Waals surface area (Å²) in [6.07, 6.45) is 3.73. The van der Waals surface area contributed by atoms with Gasteiger partial charge in [-0.15, -0.1) is 0 Å². The lowest BCUT2D eigenvalue weighted by Crippen LogP contribution is -2.24. The average Bonchev–Trinajstić information content (AvgIpc) is 3.18. The number of anilines is 1. The largest absolute Gasteiger partial charge is 0.311 e. The Hall–Kier alpha value is -2.51. The van der Waals surface area contributed by atoms with Crippen molar-refractivity contribution >= 4 is 22.4 Å². The zero-order valence-corrected chi connectivity index (χ0v) is 14.1. The summed E-state index contributed by atoms with van der Waals surface area (Å²) in [6, 6.07) is 10.1. The molecule has 0 saturated carbocycles. The van der Waals surface area contributed by atoms with E-state index in [0.29, 0.717) is 5.13 Å². The zero-order valence-electron chi connectivity index (χ0n) is 13.2. The molecule has 0 atom stereocenters. The van der Waals surface area contributed by atoms with Gasteiger partial charge in [-0.05, 0) is 37.6 Å². The van der Waals surface area contributed by atoms with Crippen LogP contribution in [0.25, 0.3) is 16.3 Å². The third-order valence-corrected chi connectivity index (χ3v) is 4.99. The lowest BCUT2D eigenvalue weighted by Gasteiger charge is -2.13. The summed E-state index contributed by atoms with van der Waals surface area (Å²) in [4.78, 5) is 17.5. The smallest absolute Gasteiger partial charge is 0.240 e. The highest BCUT2D eigenvalue weighted by Crippen LogP contribution is 2.40. The van der Waals surface area contributed by atoms with Crippen LogP contribution in [0.4, 0.5) is 5.13 Å². The quantitative estimate of drug-likeness (QED) is 0.765. The fourth-order valence-electron chi connectivity index (χ4n) is 2.91. The molecule has 24 heavy (non-hydrogen) atoms. The van der Waals surface area contributed by atoms with Crippen molar-refractivity contribution < 1.29 is 4.79 Å². The number of benzene rings is 1. The first-order chi connectivity index (χ1) is 11.8. The van der Waals surface area contributed by atoms with Gasteiger partial charge in [0.25, 0.3) is 0 Å². The molecule has 1 aliphatic carbocycles. The van der Waals surface area contributed by atoms with Crippen molar-refractivity contribution in [3.63, 3.8) is 0 Å². The lowest BCUT2D eigenvalue weighted by atomic mass is 10.0. The number of fused-ring (bicyclic) bond motifs is 3. The van der Waals surface area contributed by atoms with E-state index < -0.39 is 0 Å². The van der Waals surface area contributed by atoms with Crippen molar-refractivity contribution in [3.8, 4) is 16.3 Å². The molecular weight excluding hydrogens is 322 g/mol. The number of hydrogen-bond donors (Lipinski definition) is 2. The highest BCUT2D eigenvalue weighted by molar-refractivity contribution is 7.19. The van der Waals surface area contributed by atoms with E-state index in [4.69, 9.17) is 0 Å². The SMILES string of the molecule is CNCC(=O)Nc1nc2c(s1)-c1c(cnn1-c1ccccc1)CC2. The summed E-state index contributed by atoms with van der Waals surface area (Å²) in [5.41, 5.74) is 4.38. The number of hydrogen-bond acceptors (Lipinski definition) is 5.